The van der Waals surface area contributed by atoms with E-state index in [0.29, 0.717) is 11.6 Å². The summed E-state index contributed by atoms with van der Waals surface area (Å²) in [5, 5.41) is 1.22. The van der Waals surface area contributed by atoms with Crippen LogP contribution in [0.1, 0.15) is 34.8 Å². The maximum absolute atomic E-state index is 13.5. The Kier molecular flexibility index (Phi) is 6.74. The summed E-state index contributed by atoms with van der Waals surface area (Å²) in [6, 6.07) is 21.2. The Morgan fingerprint density at radius 1 is 0.833 bits per heavy atom. The van der Waals surface area contributed by atoms with Gasteiger partial charge in [0.2, 0.25) is 0 Å². The topological polar surface area (TPSA) is 6.48 Å². The maximum Gasteiger partial charge on any atom is 0.124 e. The SMILES string of the molecule is Cc1ccccc1CN1CCCN(Cc2ccc(F)cc2Cl)[C@@H]1c1ccccc1Cl. The van der Waals surface area contributed by atoms with Crippen LogP contribution in [0.3, 0.4) is 0 Å². The number of rotatable bonds is 5. The lowest BCUT2D eigenvalue weighted by Gasteiger charge is -2.45. The molecule has 0 N–H and O–H groups in total. The second-order valence-electron chi connectivity index (χ2n) is 7.85. The third-order valence-corrected chi connectivity index (χ3v) is 6.49. The normalized spacial score (nSPS) is 17.9. The van der Waals surface area contributed by atoms with Gasteiger partial charge in [0.15, 0.2) is 0 Å². The fourth-order valence-corrected chi connectivity index (χ4v) is 4.70. The van der Waals surface area contributed by atoms with Crippen molar-refractivity contribution < 1.29 is 4.39 Å². The largest absolute Gasteiger partial charge is 0.280 e. The molecule has 3 aromatic rings. The summed E-state index contributed by atoms with van der Waals surface area (Å²) in [6.07, 6.45) is 1.07. The van der Waals surface area contributed by atoms with E-state index in [-0.39, 0.29) is 12.0 Å². The number of halogens is 3. The van der Waals surface area contributed by atoms with Gasteiger partial charge >= 0.3 is 0 Å². The van der Waals surface area contributed by atoms with Crippen molar-refractivity contribution in [1.82, 2.24) is 9.80 Å². The Hall–Kier alpha value is -1.91. The summed E-state index contributed by atoms with van der Waals surface area (Å²) >= 11 is 13.0. The quantitative estimate of drug-likeness (QED) is 0.426. The smallest absolute Gasteiger partial charge is 0.124 e. The molecule has 0 aliphatic carbocycles. The lowest BCUT2D eigenvalue weighted by molar-refractivity contribution is -0.00912. The molecule has 1 fully saturated rings. The van der Waals surface area contributed by atoms with Crippen molar-refractivity contribution in [2.45, 2.75) is 32.6 Å². The first-order chi connectivity index (χ1) is 14.5. The summed E-state index contributed by atoms with van der Waals surface area (Å²) in [6.45, 7) is 5.54. The zero-order valence-electron chi connectivity index (χ0n) is 17.0. The highest BCUT2D eigenvalue weighted by Gasteiger charge is 2.32. The predicted molar refractivity (Wildman–Crippen MR) is 122 cm³/mol. The van der Waals surface area contributed by atoms with Crippen molar-refractivity contribution in [1.29, 1.82) is 0 Å². The zero-order valence-corrected chi connectivity index (χ0v) is 18.5. The van der Waals surface area contributed by atoms with Gasteiger partial charge in [-0.3, -0.25) is 9.80 Å². The molecule has 1 atom stereocenters. The minimum absolute atomic E-state index is 0.0215. The molecule has 30 heavy (non-hydrogen) atoms. The molecule has 3 aromatic carbocycles. The molecule has 0 amide bonds. The lowest BCUT2D eigenvalue weighted by atomic mass is 10.0. The lowest BCUT2D eigenvalue weighted by Crippen LogP contribution is -2.47. The molecule has 5 heteroatoms. The molecule has 0 radical (unpaired) electrons. The summed E-state index contributed by atoms with van der Waals surface area (Å²) in [7, 11) is 0. The van der Waals surface area contributed by atoms with Gasteiger partial charge in [0.1, 0.15) is 5.82 Å². The third kappa shape index (κ3) is 4.70. The fourth-order valence-electron chi connectivity index (χ4n) is 4.24. The van der Waals surface area contributed by atoms with Crippen LogP contribution in [0.2, 0.25) is 10.0 Å². The van der Waals surface area contributed by atoms with Gasteiger partial charge < -0.3 is 0 Å². The summed E-state index contributed by atoms with van der Waals surface area (Å²) in [4.78, 5) is 4.87. The van der Waals surface area contributed by atoms with Gasteiger partial charge in [0.25, 0.3) is 0 Å². The van der Waals surface area contributed by atoms with Crippen molar-refractivity contribution in [2.75, 3.05) is 13.1 Å². The van der Waals surface area contributed by atoms with Crippen LogP contribution in [0.25, 0.3) is 0 Å². The number of aryl methyl sites for hydroxylation is 1. The zero-order chi connectivity index (χ0) is 21.1. The third-order valence-electron chi connectivity index (χ3n) is 5.79. The molecular formula is C25H25Cl2FN2. The van der Waals surface area contributed by atoms with E-state index in [4.69, 9.17) is 23.2 Å². The molecule has 2 nitrogen and oxygen atoms in total. The molecule has 0 bridgehead atoms. The minimum Gasteiger partial charge on any atom is -0.280 e. The van der Waals surface area contributed by atoms with E-state index >= 15 is 0 Å². The minimum atomic E-state index is -0.314. The van der Waals surface area contributed by atoms with Crippen molar-refractivity contribution in [3.8, 4) is 0 Å². The molecular weight excluding hydrogens is 418 g/mol. The second-order valence-corrected chi connectivity index (χ2v) is 8.67. The molecule has 0 unspecified atom stereocenters. The summed E-state index contributed by atoms with van der Waals surface area (Å²) < 4.78 is 13.5. The molecule has 1 aliphatic heterocycles. The van der Waals surface area contributed by atoms with Gasteiger partial charge in [-0.15, -0.1) is 0 Å². The Morgan fingerprint density at radius 3 is 2.20 bits per heavy atom. The fraction of sp³-hybridized carbons (Fsp3) is 0.280. The molecule has 1 heterocycles. The van der Waals surface area contributed by atoms with Gasteiger partial charge in [-0.1, -0.05) is 71.7 Å². The van der Waals surface area contributed by atoms with Gasteiger partial charge in [-0.05, 0) is 48.2 Å². The number of hydrogen-bond donors (Lipinski definition) is 0. The van der Waals surface area contributed by atoms with Crippen molar-refractivity contribution in [2.24, 2.45) is 0 Å². The van der Waals surface area contributed by atoms with Crippen LogP contribution in [-0.2, 0) is 13.1 Å². The van der Waals surface area contributed by atoms with E-state index in [9.17, 15) is 4.39 Å². The van der Waals surface area contributed by atoms with E-state index < -0.39 is 0 Å². The van der Waals surface area contributed by atoms with Gasteiger partial charge in [-0.25, -0.2) is 4.39 Å². The van der Waals surface area contributed by atoms with Crippen LogP contribution >= 0.6 is 23.2 Å². The number of benzene rings is 3. The van der Waals surface area contributed by atoms with Crippen LogP contribution in [0.15, 0.2) is 66.7 Å². The molecule has 1 saturated heterocycles. The molecule has 0 aromatic heterocycles. The van der Waals surface area contributed by atoms with E-state index in [0.717, 1.165) is 42.2 Å². The average Bonchev–Trinajstić information content (AvgIpc) is 2.73. The summed E-state index contributed by atoms with van der Waals surface area (Å²) in [5.74, 6) is -0.314. The van der Waals surface area contributed by atoms with E-state index in [2.05, 4.69) is 47.1 Å². The first kappa shape index (κ1) is 21.3. The molecule has 4 rings (SSSR count). The van der Waals surface area contributed by atoms with Crippen LogP contribution < -0.4 is 0 Å². The van der Waals surface area contributed by atoms with Crippen LogP contribution in [0, 0.1) is 12.7 Å². The maximum atomic E-state index is 13.5. The van der Waals surface area contributed by atoms with E-state index in [1.165, 1.54) is 23.3 Å². The number of nitrogens with zero attached hydrogens (tertiary/aromatic N) is 2. The van der Waals surface area contributed by atoms with E-state index in [1.54, 1.807) is 6.07 Å². The Bertz CT molecular complexity index is 1020. The van der Waals surface area contributed by atoms with Crippen molar-refractivity contribution in [3.63, 3.8) is 0 Å². The van der Waals surface area contributed by atoms with Gasteiger partial charge in [-0.2, -0.15) is 0 Å². The second kappa shape index (κ2) is 9.49. The highest BCUT2D eigenvalue weighted by atomic mass is 35.5. The molecule has 0 spiro atoms. The van der Waals surface area contributed by atoms with E-state index in [1.807, 2.05) is 18.2 Å². The predicted octanol–water partition coefficient (Wildman–Crippen LogP) is 6.85. The molecule has 0 saturated carbocycles. The van der Waals surface area contributed by atoms with Crippen molar-refractivity contribution >= 4 is 23.2 Å². The van der Waals surface area contributed by atoms with Crippen molar-refractivity contribution in [3.05, 3.63) is 105 Å². The molecule has 156 valence electrons. The van der Waals surface area contributed by atoms with Gasteiger partial charge in [0.05, 0.1) is 6.17 Å². The summed E-state index contributed by atoms with van der Waals surface area (Å²) in [5.41, 5.74) is 4.61. The Balaban J connectivity index is 1.69. The van der Waals surface area contributed by atoms with Gasteiger partial charge in [0, 0.05) is 41.8 Å². The van der Waals surface area contributed by atoms with Crippen LogP contribution in [-0.4, -0.2) is 22.9 Å². The Morgan fingerprint density at radius 2 is 1.50 bits per heavy atom. The highest BCUT2D eigenvalue weighted by Crippen LogP contribution is 2.36. The first-order valence-corrected chi connectivity index (χ1v) is 11.0. The van der Waals surface area contributed by atoms with Crippen LogP contribution in [0.5, 0.6) is 0 Å². The number of hydrogen-bond acceptors (Lipinski definition) is 2. The average molecular weight is 443 g/mol. The highest BCUT2D eigenvalue weighted by molar-refractivity contribution is 6.31. The Labute approximate surface area is 187 Å². The molecule has 1 aliphatic rings. The first-order valence-electron chi connectivity index (χ1n) is 10.2. The van der Waals surface area contributed by atoms with Crippen LogP contribution in [0.4, 0.5) is 4.39 Å². The monoisotopic (exact) mass is 442 g/mol. The standard InChI is InChI=1S/C25H25Cl2FN2/c1-18-7-2-3-8-19(18)16-29-13-6-14-30(17-20-11-12-21(28)15-24(20)27)25(29)22-9-4-5-10-23(22)26/h2-5,7-12,15,25H,6,13-14,16-17H2,1H3/t25-/m1/s1.